The van der Waals surface area contributed by atoms with Gasteiger partial charge in [0.05, 0.1) is 34.7 Å². The maximum Gasteiger partial charge on any atom is 0.416 e. The smallest absolute Gasteiger partial charge is 0.416 e. The van der Waals surface area contributed by atoms with Gasteiger partial charge in [-0.1, -0.05) is 16.8 Å². The van der Waals surface area contributed by atoms with Crippen LogP contribution in [0.25, 0.3) is 0 Å². The quantitative estimate of drug-likeness (QED) is 0.563. The Morgan fingerprint density at radius 1 is 1.07 bits per heavy atom. The van der Waals surface area contributed by atoms with Crippen molar-refractivity contribution in [3.05, 3.63) is 57.7 Å². The summed E-state index contributed by atoms with van der Waals surface area (Å²) >= 11 is 6.06. The third-order valence-corrected chi connectivity index (χ3v) is 4.53. The first-order valence-corrected chi connectivity index (χ1v) is 8.55. The van der Waals surface area contributed by atoms with E-state index in [2.05, 4.69) is 10.1 Å². The van der Waals surface area contributed by atoms with E-state index in [0.29, 0.717) is 34.4 Å². The van der Waals surface area contributed by atoms with Crippen LogP contribution in [0.1, 0.15) is 34.9 Å². The van der Waals surface area contributed by atoms with Crippen molar-refractivity contribution in [2.24, 2.45) is 5.16 Å². The number of ether oxygens (including phenoxy) is 1. The molecule has 1 unspecified atom stereocenters. The van der Waals surface area contributed by atoms with Crippen LogP contribution in [0.15, 0.2) is 35.5 Å². The fourth-order valence-electron chi connectivity index (χ4n) is 2.77. The summed E-state index contributed by atoms with van der Waals surface area (Å²) in [6, 6.07) is 4.44. The summed E-state index contributed by atoms with van der Waals surface area (Å²) in [6.45, 7) is 0. The molecule has 2 aromatic rings. The van der Waals surface area contributed by atoms with Crippen molar-refractivity contribution in [2.45, 2.75) is 31.3 Å². The van der Waals surface area contributed by atoms with E-state index >= 15 is 0 Å². The Kier molecular flexibility index (Phi) is 5.66. The predicted molar refractivity (Wildman–Crippen MR) is 91.8 cm³/mol. The number of hydrogen-bond donors (Lipinski definition) is 0. The van der Waals surface area contributed by atoms with Crippen LogP contribution in [-0.2, 0) is 23.6 Å². The van der Waals surface area contributed by atoms with Gasteiger partial charge >= 0.3 is 12.4 Å². The van der Waals surface area contributed by atoms with E-state index in [1.54, 1.807) is 12.1 Å². The molecular formula is C18H13ClF6N2O2. The number of aromatic nitrogens is 1. The van der Waals surface area contributed by atoms with Crippen LogP contribution in [0.3, 0.4) is 0 Å². The lowest BCUT2D eigenvalue weighted by Gasteiger charge is -2.16. The molecule has 2 heterocycles. The highest BCUT2D eigenvalue weighted by atomic mass is 35.5. The van der Waals surface area contributed by atoms with Crippen molar-refractivity contribution < 1.29 is 35.9 Å². The minimum atomic E-state index is -4.93. The predicted octanol–water partition coefficient (Wildman–Crippen LogP) is 5.84. The van der Waals surface area contributed by atoms with Gasteiger partial charge in [-0.15, -0.1) is 0 Å². The zero-order valence-corrected chi connectivity index (χ0v) is 15.5. The summed E-state index contributed by atoms with van der Waals surface area (Å²) in [6.07, 6.45) is -10.9. The highest BCUT2D eigenvalue weighted by Crippen LogP contribution is 2.39. The highest BCUT2D eigenvalue weighted by Gasteiger charge is 2.38. The topological polar surface area (TPSA) is 43.7 Å². The summed E-state index contributed by atoms with van der Waals surface area (Å²) in [5.74, 6) is 0.299. The minimum Gasteiger partial charge on any atom is -0.481 e. The molecular weight excluding hydrogens is 426 g/mol. The normalized spacial score (nSPS) is 17.1. The molecule has 4 nitrogen and oxygen atoms in total. The first-order valence-electron chi connectivity index (χ1n) is 8.17. The molecule has 0 saturated carbocycles. The molecule has 0 saturated heterocycles. The maximum atomic E-state index is 13.0. The zero-order valence-electron chi connectivity index (χ0n) is 14.7. The summed E-state index contributed by atoms with van der Waals surface area (Å²) in [5.41, 5.74) is -2.30. The Hall–Kier alpha value is -2.49. The number of hydrogen-bond acceptors (Lipinski definition) is 4. The minimum absolute atomic E-state index is 0.00612. The molecule has 0 aliphatic carbocycles. The molecule has 0 fully saturated rings. The number of methoxy groups -OCH3 is 1. The zero-order chi connectivity index (χ0) is 21.4. The average molecular weight is 439 g/mol. The third kappa shape index (κ3) is 4.92. The molecule has 0 amide bonds. The van der Waals surface area contributed by atoms with Crippen molar-refractivity contribution in [1.82, 2.24) is 4.98 Å². The molecule has 1 aliphatic heterocycles. The first kappa shape index (κ1) is 21.2. The van der Waals surface area contributed by atoms with Crippen LogP contribution in [0, 0.1) is 0 Å². The monoisotopic (exact) mass is 438 g/mol. The number of oxime groups is 1. The Balaban J connectivity index is 1.83. The van der Waals surface area contributed by atoms with Crippen LogP contribution in [-0.4, -0.2) is 17.8 Å². The van der Waals surface area contributed by atoms with Gasteiger partial charge in [-0.3, -0.25) is 0 Å². The lowest BCUT2D eigenvalue weighted by Crippen LogP contribution is -2.13. The molecule has 156 valence electrons. The van der Waals surface area contributed by atoms with E-state index in [-0.39, 0.29) is 24.5 Å². The molecule has 1 aliphatic rings. The van der Waals surface area contributed by atoms with Gasteiger partial charge < -0.3 is 9.57 Å². The summed E-state index contributed by atoms with van der Waals surface area (Å²) in [7, 11) is 1.41. The summed E-state index contributed by atoms with van der Waals surface area (Å²) in [4.78, 5) is 9.26. The second-order valence-corrected chi connectivity index (χ2v) is 6.66. The Labute approximate surface area is 166 Å². The van der Waals surface area contributed by atoms with Crippen LogP contribution in [0.4, 0.5) is 26.3 Å². The van der Waals surface area contributed by atoms with Crippen molar-refractivity contribution >= 4 is 17.3 Å². The average Bonchev–Trinajstić information content (AvgIpc) is 3.10. The third-order valence-electron chi connectivity index (χ3n) is 4.19. The molecule has 11 heteroatoms. The second-order valence-electron chi connectivity index (χ2n) is 6.25. The van der Waals surface area contributed by atoms with Gasteiger partial charge in [-0.05, 0) is 29.8 Å². The van der Waals surface area contributed by atoms with Gasteiger partial charge in [0.15, 0.2) is 6.10 Å². The van der Waals surface area contributed by atoms with Gasteiger partial charge in [0, 0.05) is 18.9 Å². The molecule has 1 aromatic heterocycles. The summed E-state index contributed by atoms with van der Waals surface area (Å²) < 4.78 is 83.2. The molecule has 1 atom stereocenters. The molecule has 0 bridgehead atoms. The number of halogens is 7. The molecule has 0 spiro atoms. The molecule has 3 rings (SSSR count). The molecule has 1 aromatic carbocycles. The number of benzene rings is 1. The molecule has 0 radical (unpaired) electrons. The van der Waals surface area contributed by atoms with Crippen molar-refractivity contribution in [3.8, 4) is 5.88 Å². The summed E-state index contributed by atoms with van der Waals surface area (Å²) in [5, 5.41) is 4.10. The van der Waals surface area contributed by atoms with Crippen molar-refractivity contribution in [1.29, 1.82) is 0 Å². The first-order chi connectivity index (χ1) is 13.5. The highest BCUT2D eigenvalue weighted by molar-refractivity contribution is 6.31. The Bertz CT molecular complexity index is 911. The van der Waals surface area contributed by atoms with Crippen molar-refractivity contribution in [2.75, 3.05) is 7.11 Å². The van der Waals surface area contributed by atoms with Crippen LogP contribution in [0.2, 0.25) is 5.02 Å². The second kappa shape index (κ2) is 7.74. The van der Waals surface area contributed by atoms with E-state index in [1.165, 1.54) is 7.11 Å². The fourth-order valence-corrected chi connectivity index (χ4v) is 2.94. The van der Waals surface area contributed by atoms with Crippen LogP contribution in [0.5, 0.6) is 5.88 Å². The Morgan fingerprint density at radius 2 is 1.69 bits per heavy atom. The fraction of sp³-hybridized carbons (Fsp3) is 0.333. The number of alkyl halides is 6. The maximum absolute atomic E-state index is 13.0. The van der Waals surface area contributed by atoms with E-state index in [0.717, 1.165) is 0 Å². The Morgan fingerprint density at radius 3 is 2.24 bits per heavy atom. The van der Waals surface area contributed by atoms with Crippen LogP contribution >= 0.6 is 11.6 Å². The number of pyridine rings is 1. The van der Waals surface area contributed by atoms with E-state index in [9.17, 15) is 26.3 Å². The van der Waals surface area contributed by atoms with Gasteiger partial charge in [0.1, 0.15) is 0 Å². The largest absolute Gasteiger partial charge is 0.481 e. The van der Waals surface area contributed by atoms with Gasteiger partial charge in [0.25, 0.3) is 0 Å². The van der Waals surface area contributed by atoms with Crippen LogP contribution < -0.4 is 4.74 Å². The SMILES string of the molecule is COc1ccc(Cl)c(CC2=NOC(c3cc(C(F)(F)F)cc(C(F)(F)F)c3)C2)n1. The van der Waals surface area contributed by atoms with Gasteiger partial charge in [-0.25, -0.2) is 4.98 Å². The number of rotatable bonds is 4. The molecule has 29 heavy (non-hydrogen) atoms. The lowest BCUT2D eigenvalue weighted by atomic mass is 9.97. The van der Waals surface area contributed by atoms with E-state index in [1.807, 2.05) is 0 Å². The van der Waals surface area contributed by atoms with Gasteiger partial charge in [-0.2, -0.15) is 26.3 Å². The van der Waals surface area contributed by atoms with E-state index < -0.39 is 29.6 Å². The van der Waals surface area contributed by atoms with Crippen molar-refractivity contribution in [3.63, 3.8) is 0 Å². The molecule has 0 N–H and O–H groups in total. The lowest BCUT2D eigenvalue weighted by molar-refractivity contribution is -0.143. The number of nitrogens with zero attached hydrogens (tertiary/aromatic N) is 2. The standard InChI is InChI=1S/C18H13ClF6N2O2/c1-28-16-3-2-13(19)14(26-16)7-12-8-15(29-27-12)9-4-10(17(20,21)22)6-11(5-9)18(23,24)25/h2-6,15H,7-8H2,1H3. The van der Waals surface area contributed by atoms with E-state index in [4.69, 9.17) is 21.2 Å². The van der Waals surface area contributed by atoms with Gasteiger partial charge in [0.2, 0.25) is 5.88 Å².